The molecule has 2 saturated heterocycles. The summed E-state index contributed by atoms with van der Waals surface area (Å²) in [7, 11) is 0. The summed E-state index contributed by atoms with van der Waals surface area (Å²) in [5, 5.41) is 8.36. The van der Waals surface area contributed by atoms with Crippen LogP contribution >= 0.6 is 0 Å². The van der Waals surface area contributed by atoms with Crippen LogP contribution in [-0.4, -0.2) is 57.5 Å². The Hall–Kier alpha value is -2.84. The van der Waals surface area contributed by atoms with E-state index in [9.17, 15) is 9.18 Å². The molecule has 3 aromatic rings. The molecule has 144 valence electrons. The Morgan fingerprint density at radius 2 is 1.75 bits per heavy atom. The van der Waals surface area contributed by atoms with E-state index in [1.807, 2.05) is 4.90 Å². The summed E-state index contributed by atoms with van der Waals surface area (Å²) >= 11 is 0. The van der Waals surface area contributed by atoms with Gasteiger partial charge in [0.1, 0.15) is 5.82 Å². The average Bonchev–Trinajstić information content (AvgIpc) is 3.35. The maximum absolute atomic E-state index is 13.2. The highest BCUT2D eigenvalue weighted by atomic mass is 19.1. The number of aromatic nitrogens is 3. The first kappa shape index (κ1) is 17.3. The number of fused-ring (bicyclic) bond motifs is 1. The van der Waals surface area contributed by atoms with Crippen molar-refractivity contribution in [3.05, 3.63) is 54.0 Å². The largest absolute Gasteiger partial charge is 0.347 e. The summed E-state index contributed by atoms with van der Waals surface area (Å²) < 4.78 is 26.4. The molecule has 0 radical (unpaired) electrons. The van der Waals surface area contributed by atoms with E-state index < -0.39 is 5.79 Å². The molecule has 2 aliphatic rings. The second kappa shape index (κ2) is 6.65. The number of ether oxygens (including phenoxy) is 2. The van der Waals surface area contributed by atoms with E-state index in [2.05, 4.69) is 10.2 Å². The summed E-state index contributed by atoms with van der Waals surface area (Å²) in [6.45, 7) is 2.43. The molecule has 1 amide bonds. The average molecular weight is 382 g/mol. The lowest BCUT2D eigenvalue weighted by atomic mass is 10.0. The van der Waals surface area contributed by atoms with Crippen LogP contribution in [0.15, 0.2) is 42.6 Å². The Balaban J connectivity index is 1.37. The van der Waals surface area contributed by atoms with Gasteiger partial charge in [0, 0.05) is 43.3 Å². The zero-order valence-corrected chi connectivity index (χ0v) is 15.2. The van der Waals surface area contributed by atoms with Crippen LogP contribution in [0.2, 0.25) is 0 Å². The molecule has 2 aliphatic heterocycles. The molecule has 28 heavy (non-hydrogen) atoms. The third kappa shape index (κ3) is 2.94. The Morgan fingerprint density at radius 3 is 2.46 bits per heavy atom. The fourth-order valence-corrected chi connectivity index (χ4v) is 3.84. The van der Waals surface area contributed by atoms with Gasteiger partial charge in [-0.15, -0.1) is 10.2 Å². The molecule has 0 aliphatic carbocycles. The molecule has 0 N–H and O–H groups in total. The van der Waals surface area contributed by atoms with E-state index in [-0.39, 0.29) is 11.7 Å². The number of carbonyl (C=O) groups is 1. The van der Waals surface area contributed by atoms with Gasteiger partial charge in [0.25, 0.3) is 5.91 Å². The van der Waals surface area contributed by atoms with Crippen molar-refractivity contribution in [2.24, 2.45) is 0 Å². The number of likely N-dealkylation sites (tertiary alicyclic amines) is 1. The molecule has 2 aromatic heterocycles. The predicted molar refractivity (Wildman–Crippen MR) is 98.2 cm³/mol. The fraction of sp³-hybridized carbons (Fsp3) is 0.350. The number of nitrogens with zero attached hydrogens (tertiary/aromatic N) is 4. The number of benzene rings is 1. The van der Waals surface area contributed by atoms with E-state index in [1.54, 1.807) is 34.9 Å². The minimum absolute atomic E-state index is 0.0401. The quantitative estimate of drug-likeness (QED) is 0.681. The van der Waals surface area contributed by atoms with E-state index in [1.165, 1.54) is 12.1 Å². The summed E-state index contributed by atoms with van der Waals surface area (Å²) in [6.07, 6.45) is 3.14. The Labute approximate surface area is 160 Å². The molecule has 0 bridgehead atoms. The summed E-state index contributed by atoms with van der Waals surface area (Å²) in [6, 6.07) is 9.57. The number of pyridine rings is 1. The van der Waals surface area contributed by atoms with Gasteiger partial charge in [-0.1, -0.05) is 0 Å². The molecular formula is C20H19FN4O3. The highest BCUT2D eigenvalue weighted by Gasteiger charge is 2.40. The van der Waals surface area contributed by atoms with Gasteiger partial charge in [0.2, 0.25) is 0 Å². The number of halogens is 1. The molecular weight excluding hydrogens is 363 g/mol. The number of piperidine rings is 1. The van der Waals surface area contributed by atoms with Gasteiger partial charge < -0.3 is 14.4 Å². The van der Waals surface area contributed by atoms with Gasteiger partial charge in [0.05, 0.1) is 13.2 Å². The predicted octanol–water partition coefficient (Wildman–Crippen LogP) is 2.51. The smallest absolute Gasteiger partial charge is 0.254 e. The normalized spacial score (nSPS) is 18.8. The van der Waals surface area contributed by atoms with Crippen LogP contribution in [0.5, 0.6) is 0 Å². The second-order valence-corrected chi connectivity index (χ2v) is 7.07. The molecule has 5 rings (SSSR count). The standard InChI is InChI=1S/C20H19FN4O3/c21-16-3-1-14(2-4-16)18-23-22-17-13-15(5-8-25(17)18)19(26)24-9-6-20(7-10-24)27-11-12-28-20/h1-5,8,13H,6-7,9-12H2. The Morgan fingerprint density at radius 1 is 1.04 bits per heavy atom. The van der Waals surface area contributed by atoms with E-state index in [4.69, 9.17) is 9.47 Å². The van der Waals surface area contributed by atoms with Crippen molar-refractivity contribution >= 4 is 11.6 Å². The van der Waals surface area contributed by atoms with Crippen LogP contribution in [-0.2, 0) is 9.47 Å². The zero-order valence-electron chi connectivity index (χ0n) is 15.2. The van der Waals surface area contributed by atoms with Crippen LogP contribution in [0.1, 0.15) is 23.2 Å². The van der Waals surface area contributed by atoms with Crippen molar-refractivity contribution in [1.29, 1.82) is 0 Å². The third-order valence-corrected chi connectivity index (χ3v) is 5.39. The van der Waals surface area contributed by atoms with Gasteiger partial charge in [-0.25, -0.2) is 4.39 Å². The van der Waals surface area contributed by atoms with Crippen LogP contribution in [0.25, 0.3) is 17.0 Å². The SMILES string of the molecule is O=C(c1ccn2c(-c3ccc(F)cc3)nnc2c1)N1CCC2(CC1)OCCO2. The van der Waals surface area contributed by atoms with Gasteiger partial charge in [-0.2, -0.15) is 0 Å². The summed E-state index contributed by atoms with van der Waals surface area (Å²) in [5.41, 5.74) is 1.89. The van der Waals surface area contributed by atoms with Crippen molar-refractivity contribution in [1.82, 2.24) is 19.5 Å². The number of rotatable bonds is 2. The van der Waals surface area contributed by atoms with Crippen molar-refractivity contribution < 1.29 is 18.7 Å². The first-order chi connectivity index (χ1) is 13.6. The fourth-order valence-electron chi connectivity index (χ4n) is 3.84. The van der Waals surface area contributed by atoms with Crippen molar-refractivity contribution in [2.75, 3.05) is 26.3 Å². The van der Waals surface area contributed by atoms with Crippen molar-refractivity contribution in [3.8, 4) is 11.4 Å². The van der Waals surface area contributed by atoms with E-state index in [0.717, 1.165) is 5.56 Å². The minimum Gasteiger partial charge on any atom is -0.347 e. The minimum atomic E-state index is -0.502. The number of amides is 1. The van der Waals surface area contributed by atoms with Crippen LogP contribution in [0, 0.1) is 5.82 Å². The molecule has 4 heterocycles. The first-order valence-electron chi connectivity index (χ1n) is 9.32. The maximum Gasteiger partial charge on any atom is 0.254 e. The van der Waals surface area contributed by atoms with Gasteiger partial charge >= 0.3 is 0 Å². The highest BCUT2D eigenvalue weighted by molar-refractivity contribution is 5.95. The van der Waals surface area contributed by atoms with E-state index >= 15 is 0 Å². The Kier molecular flexibility index (Phi) is 4.10. The van der Waals surface area contributed by atoms with Crippen LogP contribution in [0.4, 0.5) is 4.39 Å². The number of carbonyl (C=O) groups excluding carboxylic acids is 1. The summed E-state index contributed by atoms with van der Waals surface area (Å²) in [5.74, 6) is -0.245. The lowest BCUT2D eigenvalue weighted by molar-refractivity contribution is -0.181. The monoisotopic (exact) mass is 382 g/mol. The zero-order chi connectivity index (χ0) is 19.1. The van der Waals surface area contributed by atoms with Gasteiger partial charge in [0.15, 0.2) is 17.3 Å². The molecule has 7 nitrogen and oxygen atoms in total. The molecule has 1 aromatic carbocycles. The topological polar surface area (TPSA) is 69.0 Å². The first-order valence-corrected chi connectivity index (χ1v) is 9.32. The maximum atomic E-state index is 13.2. The lowest BCUT2D eigenvalue weighted by Gasteiger charge is -2.37. The molecule has 8 heteroatoms. The second-order valence-electron chi connectivity index (χ2n) is 7.07. The molecule has 0 unspecified atom stereocenters. The third-order valence-electron chi connectivity index (χ3n) is 5.39. The Bertz CT molecular complexity index is 1020. The highest BCUT2D eigenvalue weighted by Crippen LogP contribution is 2.31. The molecule has 2 fully saturated rings. The van der Waals surface area contributed by atoms with Gasteiger partial charge in [-0.3, -0.25) is 9.20 Å². The van der Waals surface area contributed by atoms with Crippen LogP contribution in [0.3, 0.4) is 0 Å². The summed E-state index contributed by atoms with van der Waals surface area (Å²) in [4.78, 5) is 14.7. The number of hydrogen-bond acceptors (Lipinski definition) is 5. The lowest BCUT2D eigenvalue weighted by Crippen LogP contribution is -2.47. The van der Waals surface area contributed by atoms with Crippen molar-refractivity contribution in [3.63, 3.8) is 0 Å². The van der Waals surface area contributed by atoms with E-state index in [0.29, 0.717) is 56.2 Å². The van der Waals surface area contributed by atoms with Crippen molar-refractivity contribution in [2.45, 2.75) is 18.6 Å². The molecule has 0 atom stereocenters. The molecule has 1 spiro atoms. The van der Waals surface area contributed by atoms with Crippen LogP contribution < -0.4 is 0 Å². The number of hydrogen-bond donors (Lipinski definition) is 0. The van der Waals surface area contributed by atoms with Gasteiger partial charge in [-0.05, 0) is 36.4 Å². The molecule has 0 saturated carbocycles.